The molecule has 3 N–H and O–H groups in total. The molecular weight excluding hydrogens is 493 g/mol. The lowest BCUT2D eigenvalue weighted by atomic mass is 9.88. The summed E-state index contributed by atoms with van der Waals surface area (Å²) in [5, 5.41) is 5.64. The highest BCUT2D eigenvalue weighted by Gasteiger charge is 2.41. The predicted octanol–water partition coefficient (Wildman–Crippen LogP) is 3.82. The minimum atomic E-state index is -4.62. The first-order valence-corrected chi connectivity index (χ1v) is 11.4. The highest BCUT2D eigenvalue weighted by Crippen LogP contribution is 2.40. The molecular formula is C25H25F3N4O5. The molecule has 0 radical (unpaired) electrons. The molecule has 1 aromatic heterocycles. The molecule has 0 bridgehead atoms. The van der Waals surface area contributed by atoms with Gasteiger partial charge < -0.3 is 29.8 Å². The summed E-state index contributed by atoms with van der Waals surface area (Å²) in [5.74, 6) is -0.916. The van der Waals surface area contributed by atoms with Gasteiger partial charge in [0.15, 0.2) is 0 Å². The van der Waals surface area contributed by atoms with Gasteiger partial charge in [0.1, 0.15) is 34.0 Å². The number of hydrogen-bond donors (Lipinski definition) is 3. The summed E-state index contributed by atoms with van der Waals surface area (Å²) in [6.45, 7) is 0.764. The summed E-state index contributed by atoms with van der Waals surface area (Å²) in [6, 6.07) is 9.73. The number of aromatic amines is 1. The molecule has 1 saturated heterocycles. The fraction of sp³-hybridized carbons (Fsp3) is 0.320. The monoisotopic (exact) mass is 518 g/mol. The second-order valence-corrected chi connectivity index (χ2v) is 8.40. The number of halogens is 3. The maximum atomic E-state index is 13.4. The summed E-state index contributed by atoms with van der Waals surface area (Å²) in [7, 11) is 1.28. The Bertz CT molecular complexity index is 1220. The number of imidazole rings is 1. The lowest BCUT2D eigenvalue weighted by Crippen LogP contribution is -2.61. The molecule has 4 rings (SSSR count). The molecule has 1 aliphatic rings. The fourth-order valence-corrected chi connectivity index (χ4v) is 3.89. The number of methoxy groups -OCH3 is 1. The molecule has 9 nitrogen and oxygen atoms in total. The average molecular weight is 518 g/mol. The number of benzene rings is 2. The van der Waals surface area contributed by atoms with Crippen molar-refractivity contribution in [2.75, 3.05) is 20.3 Å². The Balaban J connectivity index is 1.41. The van der Waals surface area contributed by atoms with Crippen LogP contribution in [0.15, 0.2) is 55.0 Å². The Kier molecular flexibility index (Phi) is 7.67. The van der Waals surface area contributed by atoms with Gasteiger partial charge in [0.05, 0.1) is 19.6 Å². The third-order valence-corrected chi connectivity index (χ3v) is 5.97. The van der Waals surface area contributed by atoms with Crippen molar-refractivity contribution < 1.29 is 37.0 Å². The van der Waals surface area contributed by atoms with Gasteiger partial charge in [0.25, 0.3) is 5.91 Å². The van der Waals surface area contributed by atoms with Crippen LogP contribution in [-0.4, -0.2) is 47.6 Å². The van der Waals surface area contributed by atoms with Gasteiger partial charge in [-0.3, -0.25) is 9.59 Å². The number of carbonyl (C=O) groups excluding carboxylic acids is 2. The minimum absolute atomic E-state index is 0.0637. The van der Waals surface area contributed by atoms with Crippen LogP contribution in [0.2, 0.25) is 0 Å². The Morgan fingerprint density at radius 3 is 2.43 bits per heavy atom. The fourth-order valence-electron chi connectivity index (χ4n) is 3.89. The van der Waals surface area contributed by atoms with E-state index >= 15 is 0 Å². The lowest BCUT2D eigenvalue weighted by Gasteiger charge is -2.36. The third kappa shape index (κ3) is 6.20. The number of amides is 2. The van der Waals surface area contributed by atoms with Crippen molar-refractivity contribution in [2.45, 2.75) is 31.1 Å². The maximum absolute atomic E-state index is 13.4. The van der Waals surface area contributed by atoms with Crippen LogP contribution >= 0.6 is 0 Å². The first-order valence-electron chi connectivity index (χ1n) is 11.4. The molecule has 1 aliphatic heterocycles. The molecule has 0 atom stereocenters. The van der Waals surface area contributed by atoms with Crippen molar-refractivity contribution in [2.24, 2.45) is 0 Å². The van der Waals surface area contributed by atoms with E-state index < -0.39 is 23.2 Å². The largest absolute Gasteiger partial charge is 0.497 e. The molecule has 0 aliphatic carbocycles. The third-order valence-electron chi connectivity index (χ3n) is 5.97. The van der Waals surface area contributed by atoms with Gasteiger partial charge in [-0.05, 0) is 35.9 Å². The van der Waals surface area contributed by atoms with Crippen molar-refractivity contribution in [3.8, 4) is 17.2 Å². The van der Waals surface area contributed by atoms with Crippen molar-refractivity contribution in [1.82, 2.24) is 20.6 Å². The summed E-state index contributed by atoms with van der Waals surface area (Å²) in [5.41, 5.74) is -1.18. The van der Waals surface area contributed by atoms with E-state index in [1.54, 1.807) is 12.1 Å². The van der Waals surface area contributed by atoms with E-state index in [0.717, 1.165) is 6.07 Å². The molecule has 0 unspecified atom stereocenters. The van der Waals surface area contributed by atoms with Crippen LogP contribution in [-0.2, 0) is 22.3 Å². The van der Waals surface area contributed by atoms with Gasteiger partial charge in [-0.2, -0.15) is 13.2 Å². The molecule has 1 fully saturated rings. The van der Waals surface area contributed by atoms with Crippen molar-refractivity contribution in [1.29, 1.82) is 0 Å². The topological polar surface area (TPSA) is 115 Å². The Labute approximate surface area is 210 Å². The number of rotatable bonds is 8. The normalized spacial score (nSPS) is 15.0. The summed E-state index contributed by atoms with van der Waals surface area (Å²) < 4.78 is 56.0. The van der Waals surface area contributed by atoms with Crippen LogP contribution in [0.4, 0.5) is 13.2 Å². The Morgan fingerprint density at radius 1 is 1.11 bits per heavy atom. The molecule has 37 heavy (non-hydrogen) atoms. The Morgan fingerprint density at radius 2 is 1.81 bits per heavy atom. The second kappa shape index (κ2) is 10.9. The summed E-state index contributed by atoms with van der Waals surface area (Å²) in [6.07, 6.45) is -1.28. The number of aromatic nitrogens is 2. The Hall–Kier alpha value is -4.06. The summed E-state index contributed by atoms with van der Waals surface area (Å²) >= 11 is 0. The summed E-state index contributed by atoms with van der Waals surface area (Å²) in [4.78, 5) is 32.3. The highest BCUT2D eigenvalue weighted by molar-refractivity contribution is 5.98. The van der Waals surface area contributed by atoms with Crippen molar-refractivity contribution >= 4 is 11.8 Å². The quantitative estimate of drug-likeness (QED) is 0.418. The number of hydrogen-bond acceptors (Lipinski definition) is 6. The first kappa shape index (κ1) is 26.0. The molecule has 3 aromatic rings. The van der Waals surface area contributed by atoms with Crippen molar-refractivity contribution in [3.63, 3.8) is 0 Å². The number of ether oxygens (including phenoxy) is 3. The zero-order chi connectivity index (χ0) is 26.5. The van der Waals surface area contributed by atoms with E-state index in [9.17, 15) is 22.8 Å². The van der Waals surface area contributed by atoms with E-state index in [4.69, 9.17) is 14.2 Å². The highest BCUT2D eigenvalue weighted by atomic mass is 19.4. The van der Waals surface area contributed by atoms with E-state index in [1.807, 2.05) is 0 Å². The number of nitrogens with zero attached hydrogens (tertiary/aromatic N) is 1. The molecule has 12 heteroatoms. The van der Waals surface area contributed by atoms with E-state index in [1.165, 1.54) is 43.9 Å². The molecule has 2 aromatic carbocycles. The smallest absolute Gasteiger partial charge is 0.420 e. The maximum Gasteiger partial charge on any atom is 0.420 e. The van der Waals surface area contributed by atoms with Gasteiger partial charge >= 0.3 is 6.18 Å². The van der Waals surface area contributed by atoms with E-state index in [2.05, 4.69) is 20.6 Å². The number of H-pyrrole nitrogens is 1. The van der Waals surface area contributed by atoms with Crippen LogP contribution in [0, 0.1) is 0 Å². The van der Waals surface area contributed by atoms with Crippen LogP contribution in [0.1, 0.15) is 34.5 Å². The average Bonchev–Trinajstić information content (AvgIpc) is 3.44. The van der Waals surface area contributed by atoms with Gasteiger partial charge in [-0.25, -0.2) is 4.98 Å². The van der Waals surface area contributed by atoms with Gasteiger partial charge in [0.2, 0.25) is 5.91 Å². The number of carbonyl (C=O) groups is 2. The van der Waals surface area contributed by atoms with Crippen LogP contribution in [0.25, 0.3) is 0 Å². The molecule has 0 saturated carbocycles. The second-order valence-electron chi connectivity index (χ2n) is 8.40. The first-order chi connectivity index (χ1) is 17.7. The van der Waals surface area contributed by atoms with E-state index in [0.29, 0.717) is 31.6 Å². The van der Waals surface area contributed by atoms with Gasteiger partial charge in [0, 0.05) is 32.6 Å². The molecule has 196 valence electrons. The van der Waals surface area contributed by atoms with Crippen molar-refractivity contribution in [3.05, 3.63) is 71.8 Å². The SMILES string of the molecule is COc1ccc(Oc2ccc(CNC(=O)C3(NC(=O)c4cnc[nH]4)CCOCC3)cc2)c(C(F)(F)F)c1. The van der Waals surface area contributed by atoms with E-state index in [-0.39, 0.29) is 35.4 Å². The molecule has 0 spiro atoms. The number of alkyl halides is 3. The minimum Gasteiger partial charge on any atom is -0.497 e. The van der Waals surface area contributed by atoms with Crippen LogP contribution in [0.5, 0.6) is 17.2 Å². The zero-order valence-corrected chi connectivity index (χ0v) is 19.9. The van der Waals surface area contributed by atoms with Gasteiger partial charge in [-0.15, -0.1) is 0 Å². The predicted molar refractivity (Wildman–Crippen MR) is 125 cm³/mol. The van der Waals surface area contributed by atoms with Crippen LogP contribution < -0.4 is 20.1 Å². The van der Waals surface area contributed by atoms with Gasteiger partial charge in [-0.1, -0.05) is 12.1 Å². The number of nitrogens with one attached hydrogen (secondary N) is 3. The standard InChI is InChI=1S/C25H25F3N4O5/c1-35-18-6-7-21(19(12-18)25(26,27)28)37-17-4-2-16(3-5-17)13-30-23(34)24(8-10-36-11-9-24)32-22(33)20-14-29-15-31-20/h2-7,12,14-15H,8-11,13H2,1H3,(H,29,31)(H,30,34)(H,32,33). The molecule has 2 amide bonds. The lowest BCUT2D eigenvalue weighted by molar-refractivity contribution is -0.138. The zero-order valence-electron chi connectivity index (χ0n) is 19.9. The van der Waals surface area contributed by atoms with Crippen LogP contribution in [0.3, 0.4) is 0 Å². The molecule has 2 heterocycles.